The van der Waals surface area contributed by atoms with Gasteiger partial charge in [-0.15, -0.1) is 0 Å². The summed E-state index contributed by atoms with van der Waals surface area (Å²) in [5, 5.41) is 0. The predicted octanol–water partition coefficient (Wildman–Crippen LogP) is 10.7. The number of aryl methyl sites for hydroxylation is 4. The van der Waals surface area contributed by atoms with Crippen LogP contribution < -0.4 is 31.1 Å². The highest BCUT2D eigenvalue weighted by molar-refractivity contribution is 7.00. The Morgan fingerprint density at radius 3 is 1.85 bits per heavy atom. The van der Waals surface area contributed by atoms with Gasteiger partial charge in [0.05, 0.1) is 11.2 Å². The first-order valence-corrected chi connectivity index (χ1v) is 19.2. The quantitative estimate of drug-likeness (QED) is 0.172. The molecule has 0 saturated heterocycles. The van der Waals surface area contributed by atoms with Crippen molar-refractivity contribution in [1.29, 1.82) is 0 Å². The summed E-state index contributed by atoms with van der Waals surface area (Å²) in [4.78, 5) is 7.93. The fourth-order valence-corrected chi connectivity index (χ4v) is 10.5. The van der Waals surface area contributed by atoms with Crippen LogP contribution in [0.2, 0.25) is 0 Å². The molecular formula is C48H46BN3. The van der Waals surface area contributed by atoms with Crippen LogP contribution in [0, 0.1) is 27.7 Å². The second-order valence-corrected chi connectivity index (χ2v) is 16.4. The van der Waals surface area contributed by atoms with Gasteiger partial charge in [0.25, 0.3) is 6.71 Å². The number of para-hydroxylation sites is 3. The zero-order valence-electron chi connectivity index (χ0n) is 31.3. The standard InChI is InChI=1S/C48H46BN3/c1-31-19-23-35(24-20-31)50(36-25-21-32(2)22-26-36)37-29-42-44-43(30-37)52-46-38(47(5)27-9-10-28-48(47,52)6)15-12-17-40(46)49(44)39-16-11-14-34(4)45(39)51(42)41-18-8-7-13-33(41)3/h7-8,11-26,29-30H,9-10,27-28H2,1-6H3. The highest BCUT2D eigenvalue weighted by atomic mass is 15.3. The molecule has 1 aliphatic carbocycles. The Morgan fingerprint density at radius 2 is 1.15 bits per heavy atom. The van der Waals surface area contributed by atoms with Crippen molar-refractivity contribution in [2.24, 2.45) is 0 Å². The molecule has 3 nitrogen and oxygen atoms in total. The third kappa shape index (κ3) is 4.15. The van der Waals surface area contributed by atoms with Crippen LogP contribution in [0.5, 0.6) is 0 Å². The van der Waals surface area contributed by atoms with Gasteiger partial charge in [-0.05, 0) is 123 Å². The van der Waals surface area contributed by atoms with E-state index in [1.807, 2.05) is 0 Å². The minimum absolute atomic E-state index is 0.0417. The lowest BCUT2D eigenvalue weighted by molar-refractivity contribution is 0.195. The van der Waals surface area contributed by atoms with Gasteiger partial charge in [0.2, 0.25) is 0 Å². The fourth-order valence-electron chi connectivity index (χ4n) is 10.5. The second kappa shape index (κ2) is 11.1. The Morgan fingerprint density at radius 1 is 0.558 bits per heavy atom. The maximum Gasteiger partial charge on any atom is 0.252 e. The first kappa shape index (κ1) is 31.5. The summed E-state index contributed by atoms with van der Waals surface area (Å²) in [6.07, 6.45) is 4.93. The van der Waals surface area contributed by atoms with Crippen molar-refractivity contribution < 1.29 is 0 Å². The summed E-state index contributed by atoms with van der Waals surface area (Å²) in [5.41, 5.74) is 21.1. The zero-order valence-corrected chi connectivity index (χ0v) is 31.3. The zero-order chi connectivity index (χ0) is 35.5. The first-order valence-electron chi connectivity index (χ1n) is 19.2. The van der Waals surface area contributed by atoms with E-state index in [0.29, 0.717) is 0 Å². The molecule has 1 saturated carbocycles. The summed E-state index contributed by atoms with van der Waals surface area (Å²) in [6.45, 7) is 14.2. The molecule has 1 fully saturated rings. The molecule has 256 valence electrons. The molecule has 52 heavy (non-hydrogen) atoms. The lowest BCUT2D eigenvalue weighted by Crippen LogP contribution is -2.64. The van der Waals surface area contributed by atoms with Gasteiger partial charge in [-0.1, -0.05) is 110 Å². The van der Waals surface area contributed by atoms with Crippen molar-refractivity contribution >= 4 is 68.6 Å². The number of nitrogens with zero attached hydrogens (tertiary/aromatic N) is 3. The van der Waals surface area contributed by atoms with Crippen molar-refractivity contribution in [2.75, 3.05) is 14.7 Å². The van der Waals surface area contributed by atoms with E-state index in [1.54, 1.807) is 0 Å². The summed E-state index contributed by atoms with van der Waals surface area (Å²) < 4.78 is 0. The Hall–Kier alpha value is -5.22. The van der Waals surface area contributed by atoms with E-state index in [0.717, 1.165) is 0 Å². The number of hydrogen-bond donors (Lipinski definition) is 0. The molecule has 0 spiro atoms. The van der Waals surface area contributed by atoms with Crippen LogP contribution in [0.15, 0.2) is 121 Å². The minimum Gasteiger partial charge on any atom is -0.335 e. The Balaban J connectivity index is 1.35. The number of hydrogen-bond acceptors (Lipinski definition) is 3. The number of fused-ring (bicyclic) bond motifs is 7. The number of rotatable bonds is 4. The van der Waals surface area contributed by atoms with E-state index >= 15 is 0 Å². The van der Waals surface area contributed by atoms with Gasteiger partial charge in [0.15, 0.2) is 0 Å². The smallest absolute Gasteiger partial charge is 0.252 e. The van der Waals surface area contributed by atoms with Crippen molar-refractivity contribution in [3.63, 3.8) is 0 Å². The second-order valence-electron chi connectivity index (χ2n) is 16.4. The van der Waals surface area contributed by atoms with Gasteiger partial charge >= 0.3 is 0 Å². The van der Waals surface area contributed by atoms with E-state index in [2.05, 4.69) is 178 Å². The van der Waals surface area contributed by atoms with E-state index in [-0.39, 0.29) is 17.7 Å². The average molecular weight is 676 g/mol. The van der Waals surface area contributed by atoms with Crippen LogP contribution in [0.25, 0.3) is 0 Å². The molecule has 0 amide bonds. The topological polar surface area (TPSA) is 9.72 Å². The maximum atomic E-state index is 2.84. The van der Waals surface area contributed by atoms with E-state index in [1.165, 1.54) is 115 Å². The van der Waals surface area contributed by atoms with E-state index in [4.69, 9.17) is 0 Å². The van der Waals surface area contributed by atoms with Crippen LogP contribution in [-0.4, -0.2) is 12.3 Å². The fraction of sp³-hybridized carbons (Fsp3) is 0.250. The molecule has 0 radical (unpaired) electrons. The van der Waals surface area contributed by atoms with Crippen LogP contribution >= 0.6 is 0 Å². The molecule has 2 atom stereocenters. The SMILES string of the molecule is Cc1ccc(N(c2ccc(C)cc2)c2cc3c4c(c2)N2c5c(cccc5C5(C)CCCCC25C)B4c2cccc(C)c2N3c2ccccc2C)cc1. The Bertz CT molecular complexity index is 2370. The third-order valence-corrected chi connectivity index (χ3v) is 13.4. The van der Waals surface area contributed by atoms with Crippen LogP contribution in [0.3, 0.4) is 0 Å². The number of anilines is 8. The molecule has 0 bridgehead atoms. The normalized spacial score (nSPS) is 20.6. The van der Waals surface area contributed by atoms with Crippen LogP contribution in [0.1, 0.15) is 67.3 Å². The molecule has 4 aliphatic rings. The van der Waals surface area contributed by atoms with Crippen molar-refractivity contribution in [3.05, 3.63) is 149 Å². The summed E-state index contributed by atoms with van der Waals surface area (Å²) in [7, 11) is 0. The average Bonchev–Trinajstić information content (AvgIpc) is 3.36. The minimum atomic E-state index is -0.0417. The first-order chi connectivity index (χ1) is 25.2. The van der Waals surface area contributed by atoms with E-state index < -0.39 is 0 Å². The van der Waals surface area contributed by atoms with Gasteiger partial charge in [-0.25, -0.2) is 0 Å². The molecule has 10 rings (SSSR count). The molecule has 3 aliphatic heterocycles. The molecule has 6 aromatic rings. The molecule has 0 aromatic heterocycles. The van der Waals surface area contributed by atoms with Crippen LogP contribution in [-0.2, 0) is 5.41 Å². The summed E-state index contributed by atoms with van der Waals surface area (Å²) in [5.74, 6) is 0. The molecule has 3 heterocycles. The highest BCUT2D eigenvalue weighted by Gasteiger charge is 2.61. The predicted molar refractivity (Wildman–Crippen MR) is 222 cm³/mol. The van der Waals surface area contributed by atoms with Crippen molar-refractivity contribution in [3.8, 4) is 0 Å². The van der Waals surface area contributed by atoms with Crippen molar-refractivity contribution in [1.82, 2.24) is 0 Å². The Labute approximate surface area is 309 Å². The molecular weight excluding hydrogens is 629 g/mol. The van der Waals surface area contributed by atoms with Gasteiger partial charge in [-0.2, -0.15) is 0 Å². The lowest BCUT2D eigenvalue weighted by atomic mass is 9.33. The molecule has 2 unspecified atom stereocenters. The van der Waals surface area contributed by atoms with Gasteiger partial charge in [0.1, 0.15) is 0 Å². The van der Waals surface area contributed by atoms with Crippen LogP contribution in [0.4, 0.5) is 45.5 Å². The summed E-state index contributed by atoms with van der Waals surface area (Å²) >= 11 is 0. The van der Waals surface area contributed by atoms with E-state index in [9.17, 15) is 0 Å². The third-order valence-electron chi connectivity index (χ3n) is 13.4. The molecule has 4 heteroatoms. The molecule has 0 N–H and O–H groups in total. The van der Waals surface area contributed by atoms with Gasteiger partial charge in [-0.3, -0.25) is 0 Å². The highest BCUT2D eigenvalue weighted by Crippen LogP contribution is 2.62. The maximum absolute atomic E-state index is 2.84. The largest absolute Gasteiger partial charge is 0.335 e. The van der Waals surface area contributed by atoms with Gasteiger partial charge < -0.3 is 14.7 Å². The molecule has 6 aromatic carbocycles. The lowest BCUT2D eigenvalue weighted by Gasteiger charge is -2.53. The van der Waals surface area contributed by atoms with Crippen molar-refractivity contribution in [2.45, 2.75) is 78.2 Å². The number of benzene rings is 6. The Kier molecular flexibility index (Phi) is 6.75. The van der Waals surface area contributed by atoms with Gasteiger partial charge in [0, 0.05) is 45.2 Å². The monoisotopic (exact) mass is 675 g/mol. The summed E-state index contributed by atoms with van der Waals surface area (Å²) in [6, 6.07) is 46.3.